The second kappa shape index (κ2) is 14.4. The van der Waals surface area contributed by atoms with Crippen LogP contribution in [-0.2, 0) is 23.9 Å². The molecule has 1 fully saturated rings. The molecule has 1 N–H and O–H groups in total. The van der Waals surface area contributed by atoms with Crippen molar-refractivity contribution < 1.29 is 38.4 Å². The van der Waals surface area contributed by atoms with E-state index in [1.807, 2.05) is 86.6 Å². The smallest absolute Gasteiger partial charge is 0.315 e. The molecule has 0 aliphatic heterocycles. The van der Waals surface area contributed by atoms with Gasteiger partial charge in [-0.15, -0.1) is 0 Å². The van der Waals surface area contributed by atoms with E-state index in [1.165, 1.54) is 14.2 Å². The van der Waals surface area contributed by atoms with Crippen LogP contribution in [0.4, 0.5) is 0 Å². The van der Waals surface area contributed by atoms with Gasteiger partial charge in [0.2, 0.25) is 6.29 Å². The molecule has 0 amide bonds. The number of aliphatic hydroxyl groups excluding tert-OH is 1. The zero-order chi connectivity index (χ0) is 32.8. The Morgan fingerprint density at radius 1 is 0.565 bits per heavy atom. The second-order valence-corrected chi connectivity index (χ2v) is 11.7. The molecule has 0 heterocycles. The number of methoxy groups -OCH3 is 2. The third-order valence-corrected chi connectivity index (χ3v) is 8.67. The maximum absolute atomic E-state index is 13.5. The average molecular weight is 623 g/mol. The lowest BCUT2D eigenvalue weighted by Crippen LogP contribution is -2.48. The lowest BCUT2D eigenvalue weighted by molar-refractivity contribution is -0.174. The molecule has 1 saturated carbocycles. The molecule has 0 saturated heterocycles. The molecule has 5 unspecified atom stereocenters. The Morgan fingerprint density at radius 3 is 1.41 bits per heavy atom. The maximum Gasteiger partial charge on any atom is 0.315 e. The number of aliphatic hydroxyl groups is 1. The van der Waals surface area contributed by atoms with Gasteiger partial charge < -0.3 is 24.1 Å². The lowest BCUT2D eigenvalue weighted by atomic mass is 9.67. The normalized spacial score (nSPS) is 19.8. The largest absolute Gasteiger partial charge is 0.469 e. The van der Waals surface area contributed by atoms with Gasteiger partial charge in [-0.05, 0) is 73.2 Å². The molecule has 0 bridgehead atoms. The number of hydrogen-bond acceptors (Lipinski definition) is 8. The summed E-state index contributed by atoms with van der Waals surface area (Å²) in [5.41, 5.74) is 6.31. The third-order valence-electron chi connectivity index (χ3n) is 8.67. The molecule has 5 atom stereocenters. The molecule has 238 valence electrons. The van der Waals surface area contributed by atoms with Gasteiger partial charge in [0.05, 0.1) is 32.0 Å². The fraction of sp³-hybridized carbons (Fsp3) is 0.289. The quantitative estimate of drug-likeness (QED) is 0.127. The summed E-state index contributed by atoms with van der Waals surface area (Å²) in [7, 11) is 2.48. The van der Waals surface area contributed by atoms with Gasteiger partial charge in [0.1, 0.15) is 11.5 Å². The molecule has 8 heteroatoms. The van der Waals surface area contributed by atoms with Gasteiger partial charge in [-0.1, -0.05) is 83.9 Å². The first kappa shape index (κ1) is 32.4. The van der Waals surface area contributed by atoms with E-state index in [0.717, 1.165) is 33.4 Å². The first-order valence-electron chi connectivity index (χ1n) is 15.2. The zero-order valence-corrected chi connectivity index (χ0v) is 26.3. The van der Waals surface area contributed by atoms with Gasteiger partial charge in [0, 0.05) is 5.92 Å². The number of carbonyl (C=O) groups excluding carboxylic acids is 3. The molecular weight excluding hydrogens is 584 g/mol. The van der Waals surface area contributed by atoms with Crippen LogP contribution in [0.1, 0.15) is 24.0 Å². The number of benzene rings is 4. The van der Waals surface area contributed by atoms with E-state index in [1.54, 1.807) is 24.3 Å². The molecule has 46 heavy (non-hydrogen) atoms. The monoisotopic (exact) mass is 622 g/mol. The van der Waals surface area contributed by atoms with Crippen LogP contribution in [0.15, 0.2) is 97.1 Å². The standard InChI is InChI=1S/C38H38O8/c1-23-5-9-25(10-6-23)27-13-17-29(18-14-27)45-37(41)33-21-32(36(40)44-4)34(22-31(33)35(39)43-3)38(42)46-30-19-15-28(16-20-30)26-11-7-24(2)8-12-26/h5-20,31-34,37,41H,21-22H2,1-4H3. The predicted molar refractivity (Wildman–Crippen MR) is 173 cm³/mol. The SMILES string of the molecule is COC(=O)C1CC(C(O)Oc2ccc(-c3ccc(C)cc3)cc2)C(C(=O)OC)CC1C(=O)Oc1ccc(-c2ccc(C)cc2)cc1. The van der Waals surface area contributed by atoms with Crippen LogP contribution < -0.4 is 9.47 Å². The van der Waals surface area contributed by atoms with E-state index < -0.39 is 47.9 Å². The lowest BCUT2D eigenvalue weighted by Gasteiger charge is -2.39. The van der Waals surface area contributed by atoms with Gasteiger partial charge >= 0.3 is 17.9 Å². The molecule has 0 radical (unpaired) electrons. The van der Waals surface area contributed by atoms with E-state index >= 15 is 0 Å². The van der Waals surface area contributed by atoms with Crippen LogP contribution in [0.2, 0.25) is 0 Å². The average Bonchev–Trinajstić information content (AvgIpc) is 3.08. The summed E-state index contributed by atoms with van der Waals surface area (Å²) >= 11 is 0. The van der Waals surface area contributed by atoms with Crippen LogP contribution >= 0.6 is 0 Å². The van der Waals surface area contributed by atoms with Crippen molar-refractivity contribution in [2.24, 2.45) is 23.7 Å². The van der Waals surface area contributed by atoms with E-state index in [4.69, 9.17) is 18.9 Å². The predicted octanol–water partition coefficient (Wildman–Crippen LogP) is 6.54. The fourth-order valence-electron chi connectivity index (χ4n) is 6.00. The van der Waals surface area contributed by atoms with Gasteiger partial charge in [-0.3, -0.25) is 14.4 Å². The molecule has 8 nitrogen and oxygen atoms in total. The molecule has 0 spiro atoms. The Balaban J connectivity index is 1.31. The Kier molecular flexibility index (Phi) is 10.2. The molecule has 5 rings (SSSR count). The van der Waals surface area contributed by atoms with Crippen molar-refractivity contribution in [1.82, 2.24) is 0 Å². The van der Waals surface area contributed by atoms with Gasteiger partial charge in [-0.25, -0.2) is 0 Å². The number of hydrogen-bond donors (Lipinski definition) is 1. The summed E-state index contributed by atoms with van der Waals surface area (Å²) in [6, 6.07) is 30.5. The van der Waals surface area contributed by atoms with Gasteiger partial charge in [0.15, 0.2) is 0 Å². The van der Waals surface area contributed by atoms with Crippen LogP contribution in [-0.4, -0.2) is 43.5 Å². The second-order valence-electron chi connectivity index (χ2n) is 11.7. The summed E-state index contributed by atoms with van der Waals surface area (Å²) in [6.45, 7) is 4.04. The van der Waals surface area contributed by atoms with E-state index in [9.17, 15) is 19.5 Å². The van der Waals surface area contributed by atoms with Crippen LogP contribution in [0.5, 0.6) is 11.5 Å². The van der Waals surface area contributed by atoms with Crippen molar-refractivity contribution in [3.63, 3.8) is 0 Å². The highest BCUT2D eigenvalue weighted by Gasteiger charge is 2.50. The van der Waals surface area contributed by atoms with Gasteiger partial charge in [0.25, 0.3) is 0 Å². The van der Waals surface area contributed by atoms with Crippen LogP contribution in [0, 0.1) is 37.5 Å². The maximum atomic E-state index is 13.5. The van der Waals surface area contributed by atoms with Crippen molar-refractivity contribution in [1.29, 1.82) is 0 Å². The number of esters is 3. The highest BCUT2D eigenvalue weighted by molar-refractivity contribution is 5.85. The van der Waals surface area contributed by atoms with Gasteiger partial charge in [-0.2, -0.15) is 0 Å². The summed E-state index contributed by atoms with van der Waals surface area (Å²) in [4.78, 5) is 39.4. The minimum atomic E-state index is -1.47. The first-order chi connectivity index (χ1) is 22.2. The summed E-state index contributed by atoms with van der Waals surface area (Å²) in [6.07, 6.45) is -1.61. The summed E-state index contributed by atoms with van der Waals surface area (Å²) < 4.78 is 21.7. The molecule has 1 aliphatic carbocycles. The number of ether oxygens (including phenoxy) is 4. The summed E-state index contributed by atoms with van der Waals surface area (Å²) in [5, 5.41) is 11.2. The van der Waals surface area contributed by atoms with E-state index in [0.29, 0.717) is 11.5 Å². The van der Waals surface area contributed by atoms with Crippen molar-refractivity contribution in [2.45, 2.75) is 33.0 Å². The van der Waals surface area contributed by atoms with Crippen molar-refractivity contribution in [3.05, 3.63) is 108 Å². The van der Waals surface area contributed by atoms with E-state index in [2.05, 4.69) is 0 Å². The molecule has 4 aromatic rings. The van der Waals surface area contributed by atoms with Crippen molar-refractivity contribution in [2.75, 3.05) is 14.2 Å². The Labute approximate surface area is 268 Å². The molecule has 1 aliphatic rings. The van der Waals surface area contributed by atoms with Crippen molar-refractivity contribution in [3.8, 4) is 33.8 Å². The number of carbonyl (C=O) groups is 3. The Bertz CT molecular complexity index is 1640. The highest BCUT2D eigenvalue weighted by Crippen LogP contribution is 2.42. The highest BCUT2D eigenvalue weighted by atomic mass is 16.6. The first-order valence-corrected chi connectivity index (χ1v) is 15.2. The zero-order valence-electron chi connectivity index (χ0n) is 26.3. The van der Waals surface area contributed by atoms with Crippen LogP contribution in [0.25, 0.3) is 22.3 Å². The third kappa shape index (κ3) is 7.46. The fourth-order valence-corrected chi connectivity index (χ4v) is 6.00. The molecule has 4 aromatic carbocycles. The Morgan fingerprint density at radius 2 is 0.957 bits per heavy atom. The number of aryl methyl sites for hydroxylation is 2. The van der Waals surface area contributed by atoms with Crippen LogP contribution in [0.3, 0.4) is 0 Å². The Hall–Kier alpha value is -4.95. The minimum Gasteiger partial charge on any atom is -0.469 e. The minimum absolute atomic E-state index is 0.0544. The molecular formula is C38H38O8. The topological polar surface area (TPSA) is 108 Å². The summed E-state index contributed by atoms with van der Waals surface area (Å²) in [5.74, 6) is -5.02. The van der Waals surface area contributed by atoms with Crippen molar-refractivity contribution >= 4 is 17.9 Å². The molecule has 0 aromatic heterocycles. The number of rotatable bonds is 9. The van der Waals surface area contributed by atoms with E-state index in [-0.39, 0.29) is 12.8 Å².